The largest absolute Gasteiger partial charge is 0.379 e. The Bertz CT molecular complexity index is 1290. The van der Waals surface area contributed by atoms with Crippen LogP contribution in [0.1, 0.15) is 143 Å². The minimum absolute atomic E-state index is 0.0581. The van der Waals surface area contributed by atoms with Crippen LogP contribution in [0.2, 0.25) is 0 Å². The quantitative estimate of drug-likeness (QED) is 0.0135. The normalized spacial score (nSPS) is 30.7. The summed E-state index contributed by atoms with van der Waals surface area (Å²) >= 11 is 0. The van der Waals surface area contributed by atoms with Crippen LogP contribution in [0.4, 0.5) is 0 Å². The van der Waals surface area contributed by atoms with Crippen LogP contribution in [0.15, 0.2) is 5.11 Å². The van der Waals surface area contributed by atoms with E-state index < -0.39 is 6.35 Å². The molecule has 0 spiro atoms. The van der Waals surface area contributed by atoms with Crippen molar-refractivity contribution in [1.82, 2.24) is 10.2 Å². The number of nitrogens with two attached hydrogens (primary N) is 3. The number of nitrogens with one attached hydrogen (secondary N) is 1. The van der Waals surface area contributed by atoms with Crippen LogP contribution < -0.4 is 22.5 Å². The molecule has 0 aliphatic heterocycles. The van der Waals surface area contributed by atoms with Crippen molar-refractivity contribution in [3.63, 3.8) is 0 Å². The van der Waals surface area contributed by atoms with E-state index in [1.54, 1.807) is 0 Å². The van der Waals surface area contributed by atoms with Gasteiger partial charge in [-0.1, -0.05) is 64.9 Å². The summed E-state index contributed by atoms with van der Waals surface area (Å²) in [6, 6.07) is 0. The van der Waals surface area contributed by atoms with E-state index in [0.29, 0.717) is 114 Å². The number of hydrogen-bond donors (Lipinski definition) is 5. The molecule has 0 amide bonds. The molecule has 65 heavy (non-hydrogen) atoms. The summed E-state index contributed by atoms with van der Waals surface area (Å²) in [5.41, 5.74) is 26.6. The van der Waals surface area contributed by atoms with Crippen LogP contribution >= 0.6 is 0 Å². The molecule has 4 rings (SSSR count). The van der Waals surface area contributed by atoms with Gasteiger partial charge in [-0.2, -0.15) is 0 Å². The van der Waals surface area contributed by atoms with Crippen molar-refractivity contribution in [3.8, 4) is 0 Å². The SMILES string of the molecule is CCCCCCCCN(CCCC(C)C1CC[C@H]2C3[C@H](OCCCN)CC4C[C@H](OCCCN)CCC4(C)[C@H]3C[C@H](OCCCN)C12C)C(O)NCCOCCOCCOCCN=[N+]=[N-]. The molecule has 4 aliphatic carbocycles. The summed E-state index contributed by atoms with van der Waals surface area (Å²) < 4.78 is 37.3. The second kappa shape index (κ2) is 31.9. The van der Waals surface area contributed by atoms with E-state index in [4.69, 9.17) is 51.2 Å². The van der Waals surface area contributed by atoms with Gasteiger partial charge in [0.1, 0.15) is 0 Å². The molecule has 15 heteroatoms. The molecule has 15 nitrogen and oxygen atoms in total. The Morgan fingerprint density at radius 3 is 2.09 bits per heavy atom. The smallest absolute Gasteiger partial charge is 0.163 e. The first-order chi connectivity index (χ1) is 31.7. The van der Waals surface area contributed by atoms with Gasteiger partial charge in [0.05, 0.1) is 58.0 Å². The maximum atomic E-state index is 11.5. The molecule has 380 valence electrons. The number of unbranched alkanes of at least 4 members (excludes halogenated alkanes) is 5. The summed E-state index contributed by atoms with van der Waals surface area (Å²) in [7, 11) is 0. The molecule has 0 aromatic rings. The molecule has 4 saturated carbocycles. The molecule has 4 aliphatic rings. The molecule has 0 aromatic heterocycles. The average Bonchev–Trinajstić information content (AvgIpc) is 3.66. The van der Waals surface area contributed by atoms with Gasteiger partial charge in [0.2, 0.25) is 0 Å². The zero-order chi connectivity index (χ0) is 46.8. The van der Waals surface area contributed by atoms with Gasteiger partial charge >= 0.3 is 0 Å². The van der Waals surface area contributed by atoms with Gasteiger partial charge in [-0.3, -0.25) is 10.2 Å². The zero-order valence-corrected chi connectivity index (χ0v) is 41.7. The maximum absolute atomic E-state index is 11.5. The van der Waals surface area contributed by atoms with Crippen LogP contribution in [0.5, 0.6) is 0 Å². The molecular formula is C50H98N8O7. The second-order valence-corrected chi connectivity index (χ2v) is 20.5. The number of fused-ring (bicyclic) bond motifs is 5. The lowest BCUT2D eigenvalue weighted by Crippen LogP contribution is -2.63. The lowest BCUT2D eigenvalue weighted by molar-refractivity contribution is -0.227. The molecule has 4 fully saturated rings. The fourth-order valence-corrected chi connectivity index (χ4v) is 12.9. The van der Waals surface area contributed by atoms with Crippen molar-refractivity contribution < 1.29 is 33.5 Å². The van der Waals surface area contributed by atoms with E-state index in [0.717, 1.165) is 97.1 Å². The van der Waals surface area contributed by atoms with Crippen molar-refractivity contribution in [2.75, 3.05) is 105 Å². The fraction of sp³-hybridized carbons (Fsp3) is 1.00. The summed E-state index contributed by atoms with van der Waals surface area (Å²) in [6.07, 6.45) is 20.4. The number of nitrogens with zero attached hydrogens (tertiary/aromatic N) is 4. The van der Waals surface area contributed by atoms with E-state index in [-0.39, 0.29) is 23.0 Å². The number of azide groups is 1. The first-order valence-electron chi connectivity index (χ1n) is 26.5. The minimum Gasteiger partial charge on any atom is -0.379 e. The van der Waals surface area contributed by atoms with Crippen LogP contribution in [0.3, 0.4) is 0 Å². The molecule has 0 aromatic carbocycles. The highest BCUT2D eigenvalue weighted by Gasteiger charge is 2.66. The molecule has 12 atom stereocenters. The third kappa shape index (κ3) is 17.3. The van der Waals surface area contributed by atoms with Gasteiger partial charge in [-0.05, 0) is 150 Å². The molecule has 0 bridgehead atoms. The number of rotatable bonds is 38. The van der Waals surface area contributed by atoms with Gasteiger partial charge in [0.25, 0.3) is 0 Å². The van der Waals surface area contributed by atoms with E-state index >= 15 is 0 Å². The van der Waals surface area contributed by atoms with Gasteiger partial charge in [0.15, 0.2) is 6.35 Å². The zero-order valence-electron chi connectivity index (χ0n) is 41.7. The standard InChI is InChI=1S/C50H98N8O7/c1-5-6-7-8-9-10-25-58(48(59)55-23-30-60-32-34-62-35-33-61-31-24-56-57-54)26-11-15-39(2)42-16-17-43-47-44(38-46(50(42,43)4)65-29-14-22-53)49(3)19-18-41(63-27-12-20-51)36-40(49)37-45(47)64-28-13-21-52/h39-48,55,59H,5-38,51-53H2,1-4H3/t39?,40?,41-,42?,43+,44+,45-,46+,47?,48?,49?,50?/m1/s1. The number of ether oxygens (including phenoxy) is 6. The maximum Gasteiger partial charge on any atom is 0.163 e. The molecule has 8 N–H and O–H groups in total. The molecule has 0 saturated heterocycles. The van der Waals surface area contributed by atoms with Crippen molar-refractivity contribution in [2.45, 2.75) is 168 Å². The number of aliphatic hydroxyl groups is 1. The molecular weight excluding hydrogens is 825 g/mol. The Morgan fingerprint density at radius 2 is 1.38 bits per heavy atom. The van der Waals surface area contributed by atoms with E-state index in [9.17, 15) is 5.11 Å². The third-order valence-corrected chi connectivity index (χ3v) is 16.5. The Balaban J connectivity index is 1.38. The van der Waals surface area contributed by atoms with Crippen LogP contribution in [-0.2, 0) is 28.4 Å². The summed E-state index contributed by atoms with van der Waals surface area (Å²) in [5.74, 6) is 3.30. The minimum atomic E-state index is -0.715. The molecule has 7 unspecified atom stereocenters. The van der Waals surface area contributed by atoms with E-state index in [2.05, 4.69) is 47.9 Å². The molecule has 0 radical (unpaired) electrons. The van der Waals surface area contributed by atoms with Crippen LogP contribution in [-0.4, -0.2) is 140 Å². The van der Waals surface area contributed by atoms with Crippen molar-refractivity contribution in [2.24, 2.45) is 68.7 Å². The highest BCUT2D eigenvalue weighted by Crippen LogP contribution is 2.69. The van der Waals surface area contributed by atoms with Gasteiger partial charge in [-0.15, -0.1) is 0 Å². The van der Waals surface area contributed by atoms with Crippen molar-refractivity contribution in [3.05, 3.63) is 10.4 Å². The predicted octanol–water partition coefficient (Wildman–Crippen LogP) is 7.37. The lowest BCUT2D eigenvalue weighted by atomic mass is 9.43. The topological polar surface area (TPSA) is 218 Å². The Labute approximate surface area is 395 Å². The Morgan fingerprint density at radius 1 is 0.738 bits per heavy atom. The second-order valence-electron chi connectivity index (χ2n) is 20.5. The predicted molar refractivity (Wildman–Crippen MR) is 260 cm³/mol. The Kier molecular flexibility index (Phi) is 27.7. The van der Waals surface area contributed by atoms with Gasteiger partial charge < -0.3 is 50.7 Å². The number of hydrogen-bond acceptors (Lipinski definition) is 13. The van der Waals surface area contributed by atoms with E-state index in [1.807, 2.05) is 0 Å². The number of aliphatic hydroxyl groups excluding tert-OH is 1. The lowest BCUT2D eigenvalue weighted by Gasteiger charge is -2.65. The first kappa shape index (κ1) is 56.4. The summed E-state index contributed by atoms with van der Waals surface area (Å²) in [4.78, 5) is 4.97. The van der Waals surface area contributed by atoms with Gasteiger partial charge in [0, 0.05) is 56.3 Å². The van der Waals surface area contributed by atoms with Crippen LogP contribution in [0, 0.1) is 46.3 Å². The van der Waals surface area contributed by atoms with Crippen molar-refractivity contribution >= 4 is 0 Å². The first-order valence-corrected chi connectivity index (χ1v) is 26.5. The monoisotopic (exact) mass is 923 g/mol. The third-order valence-electron chi connectivity index (χ3n) is 16.5. The average molecular weight is 923 g/mol. The summed E-state index contributed by atoms with van der Waals surface area (Å²) in [5, 5.41) is 18.2. The molecule has 0 heterocycles. The van der Waals surface area contributed by atoms with E-state index in [1.165, 1.54) is 51.4 Å². The van der Waals surface area contributed by atoms with Gasteiger partial charge in [-0.25, -0.2) is 0 Å². The van der Waals surface area contributed by atoms with Crippen LogP contribution in [0.25, 0.3) is 10.4 Å². The van der Waals surface area contributed by atoms with Crippen molar-refractivity contribution in [1.29, 1.82) is 0 Å². The Hall–Kier alpha value is -1.17. The summed E-state index contributed by atoms with van der Waals surface area (Å²) in [6.45, 7) is 19.6. The highest BCUT2D eigenvalue weighted by atomic mass is 16.5. The fourth-order valence-electron chi connectivity index (χ4n) is 12.9. The highest BCUT2D eigenvalue weighted by molar-refractivity contribution is 5.15.